The first-order valence-corrected chi connectivity index (χ1v) is 8.33. The quantitative estimate of drug-likeness (QED) is 0.644. The van der Waals surface area contributed by atoms with E-state index in [1.54, 1.807) is 11.8 Å². The van der Waals surface area contributed by atoms with Gasteiger partial charge in [-0.3, -0.25) is 9.78 Å². The first kappa shape index (κ1) is 15.3. The zero-order valence-electron chi connectivity index (χ0n) is 14.0. The number of benzene rings is 2. The lowest BCUT2D eigenvalue weighted by Gasteiger charge is -2.25. The highest BCUT2D eigenvalue weighted by molar-refractivity contribution is 5.95. The van der Waals surface area contributed by atoms with Crippen molar-refractivity contribution in [1.82, 2.24) is 4.98 Å². The molecule has 1 aliphatic rings. The van der Waals surface area contributed by atoms with Crippen molar-refractivity contribution in [1.29, 1.82) is 0 Å². The molecule has 0 aliphatic carbocycles. The summed E-state index contributed by atoms with van der Waals surface area (Å²) in [6, 6.07) is 22.2. The van der Waals surface area contributed by atoms with Gasteiger partial charge in [-0.2, -0.15) is 0 Å². The molecule has 1 aliphatic heterocycles. The van der Waals surface area contributed by atoms with Crippen LogP contribution < -0.4 is 4.90 Å². The summed E-state index contributed by atoms with van der Waals surface area (Å²) < 4.78 is 0. The summed E-state index contributed by atoms with van der Waals surface area (Å²) in [5.74, 6) is 0.0145. The molecule has 0 bridgehead atoms. The van der Waals surface area contributed by atoms with Gasteiger partial charge in [0.25, 0.3) is 0 Å². The predicted molar refractivity (Wildman–Crippen MR) is 102 cm³/mol. The number of rotatable bonds is 1. The highest BCUT2D eigenvalue weighted by Gasteiger charge is 2.19. The summed E-state index contributed by atoms with van der Waals surface area (Å²) in [5, 5.41) is 0. The van der Waals surface area contributed by atoms with Crippen LogP contribution in [0.25, 0.3) is 23.4 Å². The van der Waals surface area contributed by atoms with Crippen molar-refractivity contribution in [2.24, 2.45) is 0 Å². The third kappa shape index (κ3) is 2.96. The number of carbonyl (C=O) groups is 1. The van der Waals surface area contributed by atoms with Crippen LogP contribution in [0.4, 0.5) is 5.69 Å². The summed E-state index contributed by atoms with van der Waals surface area (Å²) in [5.41, 5.74) is 5.90. The molecule has 0 fully saturated rings. The van der Waals surface area contributed by atoms with E-state index in [0.717, 1.165) is 33.8 Å². The molecule has 1 amide bonds. The molecule has 0 saturated carbocycles. The van der Waals surface area contributed by atoms with Gasteiger partial charge in [0.2, 0.25) is 5.91 Å². The van der Waals surface area contributed by atoms with Gasteiger partial charge in [0.05, 0.1) is 23.6 Å². The van der Waals surface area contributed by atoms with Crippen molar-refractivity contribution in [3.8, 4) is 11.3 Å². The van der Waals surface area contributed by atoms with Gasteiger partial charge in [-0.25, -0.2) is 0 Å². The van der Waals surface area contributed by atoms with Crippen LogP contribution in [0.15, 0.2) is 66.7 Å². The molecule has 0 atom stereocenters. The van der Waals surface area contributed by atoms with Crippen LogP contribution in [0.1, 0.15) is 23.7 Å². The Morgan fingerprint density at radius 3 is 2.40 bits per heavy atom. The Morgan fingerprint density at radius 1 is 0.880 bits per heavy atom. The minimum Gasteiger partial charge on any atom is -0.306 e. The third-order valence-electron chi connectivity index (χ3n) is 4.44. The fourth-order valence-corrected chi connectivity index (χ4v) is 3.13. The second-order valence-electron chi connectivity index (χ2n) is 6.10. The Morgan fingerprint density at radius 2 is 1.60 bits per heavy atom. The average Bonchev–Trinajstić information content (AvgIpc) is 2.64. The van der Waals surface area contributed by atoms with Crippen molar-refractivity contribution < 1.29 is 4.79 Å². The van der Waals surface area contributed by atoms with E-state index in [-0.39, 0.29) is 5.91 Å². The molecule has 3 nitrogen and oxygen atoms in total. The third-order valence-corrected chi connectivity index (χ3v) is 4.44. The molecule has 1 aromatic heterocycles. The fraction of sp³-hybridized carbons (Fsp3) is 0.0909. The molecule has 0 unspecified atom stereocenters. The Kier molecular flexibility index (Phi) is 3.90. The van der Waals surface area contributed by atoms with Crippen molar-refractivity contribution in [3.05, 3.63) is 83.6 Å². The lowest BCUT2D eigenvalue weighted by Crippen LogP contribution is -2.29. The zero-order chi connectivity index (χ0) is 17.2. The number of aromatic nitrogens is 1. The Hall–Kier alpha value is -3.20. The van der Waals surface area contributed by atoms with Gasteiger partial charge in [0.1, 0.15) is 0 Å². The minimum atomic E-state index is 0.0145. The van der Waals surface area contributed by atoms with Gasteiger partial charge >= 0.3 is 0 Å². The van der Waals surface area contributed by atoms with Crippen LogP contribution in [0.5, 0.6) is 0 Å². The molecule has 0 spiro atoms. The maximum absolute atomic E-state index is 12.3. The van der Waals surface area contributed by atoms with E-state index in [9.17, 15) is 4.79 Å². The van der Waals surface area contributed by atoms with Crippen molar-refractivity contribution >= 4 is 23.7 Å². The standard InChI is InChI=1S/C22H18N2O/c1-16(25)24-15-21-18(11-12-19-9-5-6-10-22(19)24)13-14-20(23-21)17-7-3-2-4-8-17/h2-14H,15H2,1H3. The lowest BCUT2D eigenvalue weighted by atomic mass is 10.0. The smallest absolute Gasteiger partial charge is 0.224 e. The summed E-state index contributed by atoms with van der Waals surface area (Å²) in [6.07, 6.45) is 4.13. The number of carbonyl (C=O) groups excluding carboxylic acids is 1. The lowest BCUT2D eigenvalue weighted by molar-refractivity contribution is -0.116. The summed E-state index contributed by atoms with van der Waals surface area (Å²) in [7, 11) is 0. The molecule has 0 radical (unpaired) electrons. The average molecular weight is 326 g/mol. The van der Waals surface area contributed by atoms with E-state index in [1.165, 1.54) is 0 Å². The maximum Gasteiger partial charge on any atom is 0.224 e. The molecular weight excluding hydrogens is 308 g/mol. The van der Waals surface area contributed by atoms with E-state index in [0.29, 0.717) is 6.54 Å². The SMILES string of the molecule is CC(=O)N1Cc2nc(-c3ccccc3)ccc2C=Cc2ccccc21. The van der Waals surface area contributed by atoms with Gasteiger partial charge in [0, 0.05) is 12.5 Å². The number of amides is 1. The molecule has 2 heterocycles. The minimum absolute atomic E-state index is 0.0145. The number of anilines is 1. The monoisotopic (exact) mass is 326 g/mol. The second kappa shape index (κ2) is 6.36. The van der Waals surface area contributed by atoms with E-state index in [2.05, 4.69) is 12.1 Å². The van der Waals surface area contributed by atoms with Gasteiger partial charge in [0.15, 0.2) is 0 Å². The topological polar surface area (TPSA) is 33.2 Å². The molecule has 2 aromatic carbocycles. The molecule has 4 rings (SSSR count). The molecule has 122 valence electrons. The normalized spacial score (nSPS) is 12.8. The van der Waals surface area contributed by atoms with Gasteiger partial charge in [-0.15, -0.1) is 0 Å². The summed E-state index contributed by atoms with van der Waals surface area (Å²) in [4.78, 5) is 18.9. The number of hydrogen-bond acceptors (Lipinski definition) is 2. The van der Waals surface area contributed by atoms with Gasteiger partial charge in [-0.1, -0.05) is 66.7 Å². The number of hydrogen-bond donors (Lipinski definition) is 0. The van der Waals surface area contributed by atoms with Crippen LogP contribution in [0.3, 0.4) is 0 Å². The van der Waals surface area contributed by atoms with Gasteiger partial charge < -0.3 is 4.90 Å². The van der Waals surface area contributed by atoms with Gasteiger partial charge in [-0.05, 0) is 23.3 Å². The van der Waals surface area contributed by atoms with E-state index in [4.69, 9.17) is 4.98 Å². The van der Waals surface area contributed by atoms with Crippen LogP contribution in [-0.2, 0) is 11.3 Å². The fourth-order valence-electron chi connectivity index (χ4n) is 3.13. The predicted octanol–water partition coefficient (Wildman–Crippen LogP) is 4.79. The number of pyridine rings is 1. The van der Waals surface area contributed by atoms with Crippen molar-refractivity contribution in [2.45, 2.75) is 13.5 Å². The Labute approximate surface area is 147 Å². The van der Waals surface area contributed by atoms with E-state index < -0.39 is 0 Å². The highest BCUT2D eigenvalue weighted by Crippen LogP contribution is 2.29. The van der Waals surface area contributed by atoms with Crippen LogP contribution in [0.2, 0.25) is 0 Å². The first-order chi connectivity index (χ1) is 12.2. The highest BCUT2D eigenvalue weighted by atomic mass is 16.2. The maximum atomic E-state index is 12.3. The summed E-state index contributed by atoms with van der Waals surface area (Å²) >= 11 is 0. The second-order valence-corrected chi connectivity index (χ2v) is 6.10. The molecule has 0 N–H and O–H groups in total. The molecule has 3 aromatic rings. The van der Waals surface area contributed by atoms with Crippen LogP contribution >= 0.6 is 0 Å². The number of fused-ring (bicyclic) bond motifs is 2. The largest absolute Gasteiger partial charge is 0.306 e. The summed E-state index contributed by atoms with van der Waals surface area (Å²) in [6.45, 7) is 2.06. The molecule has 25 heavy (non-hydrogen) atoms. The first-order valence-electron chi connectivity index (χ1n) is 8.33. The van der Waals surface area contributed by atoms with Crippen molar-refractivity contribution in [2.75, 3.05) is 4.90 Å². The molecular formula is C22H18N2O. The van der Waals surface area contributed by atoms with Crippen LogP contribution in [-0.4, -0.2) is 10.9 Å². The molecule has 3 heteroatoms. The molecule has 0 saturated heterocycles. The van der Waals surface area contributed by atoms with E-state index >= 15 is 0 Å². The number of para-hydroxylation sites is 1. The Balaban J connectivity index is 1.84. The Bertz CT molecular complexity index is 961. The van der Waals surface area contributed by atoms with E-state index in [1.807, 2.05) is 66.7 Å². The van der Waals surface area contributed by atoms with Crippen LogP contribution in [0, 0.1) is 0 Å². The van der Waals surface area contributed by atoms with Crippen molar-refractivity contribution in [3.63, 3.8) is 0 Å². The number of nitrogens with zero attached hydrogens (tertiary/aromatic N) is 2. The zero-order valence-corrected chi connectivity index (χ0v) is 14.0.